The van der Waals surface area contributed by atoms with Crippen LogP contribution in [0.15, 0.2) is 24.4 Å². The van der Waals surface area contributed by atoms with Crippen molar-refractivity contribution in [3.05, 3.63) is 41.9 Å². The molecular formula is C13H11F2N5. The molecule has 5 nitrogen and oxygen atoms in total. The predicted octanol–water partition coefficient (Wildman–Crippen LogP) is 2.24. The van der Waals surface area contributed by atoms with Gasteiger partial charge in [0.15, 0.2) is 11.5 Å². The third kappa shape index (κ3) is 1.87. The molecule has 0 aliphatic heterocycles. The van der Waals surface area contributed by atoms with Gasteiger partial charge in [-0.05, 0) is 12.1 Å². The topological polar surface area (TPSA) is 69.6 Å². The summed E-state index contributed by atoms with van der Waals surface area (Å²) in [4.78, 5) is 8.43. The molecule has 1 aromatic carbocycles. The Bertz CT molecular complexity index is 797. The van der Waals surface area contributed by atoms with E-state index in [2.05, 4.69) is 15.1 Å². The zero-order chi connectivity index (χ0) is 14.3. The Kier molecular flexibility index (Phi) is 2.81. The van der Waals surface area contributed by atoms with Gasteiger partial charge in [-0.25, -0.2) is 23.4 Å². The van der Waals surface area contributed by atoms with Crippen LogP contribution < -0.4 is 5.73 Å². The first-order chi connectivity index (χ1) is 9.60. The van der Waals surface area contributed by atoms with Crippen molar-refractivity contribution in [1.82, 2.24) is 19.7 Å². The van der Waals surface area contributed by atoms with Gasteiger partial charge in [0.05, 0.1) is 11.6 Å². The van der Waals surface area contributed by atoms with Gasteiger partial charge in [-0.1, -0.05) is 6.92 Å². The van der Waals surface area contributed by atoms with Gasteiger partial charge in [0.25, 0.3) is 0 Å². The molecular weight excluding hydrogens is 264 g/mol. The third-order valence-electron chi connectivity index (χ3n) is 2.96. The van der Waals surface area contributed by atoms with Crippen LogP contribution in [0.1, 0.15) is 12.7 Å². The van der Waals surface area contributed by atoms with Crippen molar-refractivity contribution in [2.24, 2.45) is 0 Å². The Morgan fingerprint density at radius 2 is 2.05 bits per heavy atom. The van der Waals surface area contributed by atoms with Crippen LogP contribution in [0.4, 0.5) is 14.6 Å². The highest BCUT2D eigenvalue weighted by Crippen LogP contribution is 2.22. The van der Waals surface area contributed by atoms with Crippen LogP contribution in [0.25, 0.3) is 16.7 Å². The zero-order valence-electron chi connectivity index (χ0n) is 10.6. The van der Waals surface area contributed by atoms with Gasteiger partial charge in [-0.15, -0.1) is 0 Å². The lowest BCUT2D eigenvalue weighted by atomic mass is 10.3. The highest BCUT2D eigenvalue weighted by molar-refractivity contribution is 5.86. The second-order valence-corrected chi connectivity index (χ2v) is 4.27. The van der Waals surface area contributed by atoms with Crippen molar-refractivity contribution in [3.8, 4) is 5.69 Å². The molecule has 0 radical (unpaired) electrons. The molecule has 0 spiro atoms. The monoisotopic (exact) mass is 275 g/mol. The summed E-state index contributed by atoms with van der Waals surface area (Å²) in [6.07, 6.45) is 2.06. The fourth-order valence-electron chi connectivity index (χ4n) is 1.96. The first-order valence-corrected chi connectivity index (χ1v) is 6.05. The Morgan fingerprint density at radius 3 is 2.75 bits per heavy atom. The van der Waals surface area contributed by atoms with Crippen molar-refractivity contribution < 1.29 is 8.78 Å². The Balaban J connectivity index is 2.28. The third-order valence-corrected chi connectivity index (χ3v) is 2.96. The van der Waals surface area contributed by atoms with Crippen LogP contribution in [0, 0.1) is 11.6 Å². The number of nitrogens with zero attached hydrogens (tertiary/aromatic N) is 4. The van der Waals surface area contributed by atoms with Gasteiger partial charge in [-0.2, -0.15) is 5.10 Å². The second-order valence-electron chi connectivity index (χ2n) is 4.27. The second kappa shape index (κ2) is 4.52. The smallest absolute Gasteiger partial charge is 0.168 e. The summed E-state index contributed by atoms with van der Waals surface area (Å²) in [6.45, 7) is 1.89. The molecule has 7 heteroatoms. The summed E-state index contributed by atoms with van der Waals surface area (Å²) in [5.74, 6) is -0.531. The molecule has 0 aliphatic rings. The van der Waals surface area contributed by atoms with Gasteiger partial charge in [0, 0.05) is 12.5 Å². The summed E-state index contributed by atoms with van der Waals surface area (Å²) in [5.41, 5.74) is 6.34. The fourth-order valence-corrected chi connectivity index (χ4v) is 1.96. The van der Waals surface area contributed by atoms with Gasteiger partial charge in [0.1, 0.15) is 23.1 Å². The summed E-state index contributed by atoms with van der Waals surface area (Å²) in [6, 6.07) is 3.27. The number of benzene rings is 1. The number of hydrogen-bond donors (Lipinski definition) is 1. The summed E-state index contributed by atoms with van der Waals surface area (Å²) in [5, 5.41) is 4.60. The number of hydrogen-bond acceptors (Lipinski definition) is 4. The first-order valence-electron chi connectivity index (χ1n) is 6.05. The molecule has 0 fully saturated rings. The molecule has 0 bridgehead atoms. The van der Waals surface area contributed by atoms with E-state index in [0.717, 1.165) is 12.1 Å². The first kappa shape index (κ1) is 12.5. The molecule has 0 aliphatic carbocycles. The highest BCUT2D eigenvalue weighted by Gasteiger charge is 2.14. The number of aryl methyl sites for hydroxylation is 1. The number of anilines is 1. The SMILES string of the molecule is CCc1nc(N)c2cnn(-c3ccc(F)cc3F)c2n1. The molecule has 0 atom stereocenters. The van der Waals surface area contributed by atoms with Crippen molar-refractivity contribution in [2.45, 2.75) is 13.3 Å². The van der Waals surface area contributed by atoms with E-state index < -0.39 is 11.6 Å². The maximum Gasteiger partial charge on any atom is 0.168 e. The molecule has 2 aromatic heterocycles. The lowest BCUT2D eigenvalue weighted by Gasteiger charge is -2.06. The summed E-state index contributed by atoms with van der Waals surface area (Å²) >= 11 is 0. The molecule has 2 heterocycles. The van der Waals surface area contributed by atoms with E-state index in [1.54, 1.807) is 0 Å². The number of rotatable bonds is 2. The van der Waals surface area contributed by atoms with Crippen LogP contribution in [0.5, 0.6) is 0 Å². The average Bonchev–Trinajstić information content (AvgIpc) is 2.83. The van der Waals surface area contributed by atoms with E-state index in [1.165, 1.54) is 16.9 Å². The van der Waals surface area contributed by atoms with Gasteiger partial charge >= 0.3 is 0 Å². The number of aromatic nitrogens is 4. The minimum Gasteiger partial charge on any atom is -0.383 e. The van der Waals surface area contributed by atoms with Crippen LogP contribution >= 0.6 is 0 Å². The van der Waals surface area contributed by atoms with Crippen molar-refractivity contribution in [3.63, 3.8) is 0 Å². The van der Waals surface area contributed by atoms with Crippen LogP contribution in [0.2, 0.25) is 0 Å². The molecule has 0 saturated heterocycles. The highest BCUT2D eigenvalue weighted by atomic mass is 19.1. The molecule has 2 N–H and O–H groups in total. The van der Waals surface area contributed by atoms with Crippen molar-refractivity contribution in [2.75, 3.05) is 5.73 Å². The Morgan fingerprint density at radius 1 is 1.25 bits per heavy atom. The molecule has 0 amide bonds. The van der Waals surface area contributed by atoms with Crippen LogP contribution in [-0.2, 0) is 6.42 Å². The largest absolute Gasteiger partial charge is 0.383 e. The van der Waals surface area contributed by atoms with E-state index in [4.69, 9.17) is 5.73 Å². The fraction of sp³-hybridized carbons (Fsp3) is 0.154. The number of nitrogen functional groups attached to an aromatic ring is 1. The van der Waals surface area contributed by atoms with Crippen molar-refractivity contribution in [1.29, 1.82) is 0 Å². The molecule has 0 unspecified atom stereocenters. The standard InChI is InChI=1S/C13H11F2N5/c1-2-11-18-12(16)8-6-17-20(13(8)19-11)10-4-3-7(14)5-9(10)15/h3-6H,2H2,1H3,(H2,16,18,19). The van der Waals surface area contributed by atoms with E-state index >= 15 is 0 Å². The van der Waals surface area contributed by atoms with Crippen molar-refractivity contribution >= 4 is 16.9 Å². The Labute approximate surface area is 113 Å². The Hall–Kier alpha value is -2.57. The lowest BCUT2D eigenvalue weighted by molar-refractivity contribution is 0.574. The number of fused-ring (bicyclic) bond motifs is 1. The lowest BCUT2D eigenvalue weighted by Crippen LogP contribution is -2.04. The number of nitrogens with two attached hydrogens (primary N) is 1. The number of halogens is 2. The molecule has 0 saturated carbocycles. The van der Waals surface area contributed by atoms with E-state index in [9.17, 15) is 8.78 Å². The normalized spacial score (nSPS) is 11.2. The molecule has 102 valence electrons. The maximum atomic E-state index is 13.8. The van der Waals surface area contributed by atoms with Crippen LogP contribution in [0.3, 0.4) is 0 Å². The van der Waals surface area contributed by atoms with Gasteiger partial charge in [-0.3, -0.25) is 0 Å². The summed E-state index contributed by atoms with van der Waals surface area (Å²) < 4.78 is 28.1. The molecule has 3 aromatic rings. The molecule has 3 rings (SSSR count). The molecule has 20 heavy (non-hydrogen) atoms. The van der Waals surface area contributed by atoms with E-state index in [0.29, 0.717) is 29.1 Å². The zero-order valence-corrected chi connectivity index (χ0v) is 10.6. The average molecular weight is 275 g/mol. The van der Waals surface area contributed by atoms with Crippen LogP contribution in [-0.4, -0.2) is 19.7 Å². The minimum atomic E-state index is -0.717. The summed E-state index contributed by atoms with van der Waals surface area (Å²) in [7, 11) is 0. The van der Waals surface area contributed by atoms with E-state index in [1.807, 2.05) is 6.92 Å². The van der Waals surface area contributed by atoms with E-state index in [-0.39, 0.29) is 5.69 Å². The maximum absolute atomic E-state index is 13.8. The minimum absolute atomic E-state index is 0.113. The predicted molar refractivity (Wildman–Crippen MR) is 70.4 cm³/mol. The van der Waals surface area contributed by atoms with Gasteiger partial charge < -0.3 is 5.73 Å². The van der Waals surface area contributed by atoms with Gasteiger partial charge in [0.2, 0.25) is 0 Å². The quantitative estimate of drug-likeness (QED) is 0.778.